The molecule has 3 N–H and O–H groups in total. The Hall–Kier alpha value is -1.82. The zero-order valence-electron chi connectivity index (χ0n) is 12.1. The molecule has 0 saturated carbocycles. The van der Waals surface area contributed by atoms with Crippen molar-refractivity contribution in [3.63, 3.8) is 0 Å². The first-order valence-corrected chi connectivity index (χ1v) is 6.63. The molecule has 1 aromatic rings. The molecule has 1 atom stereocenters. The number of rotatable bonds is 6. The number of anilines is 1. The molecular formula is C14H20N2O3S. The summed E-state index contributed by atoms with van der Waals surface area (Å²) in [5, 5.41) is 2.79. The maximum atomic E-state index is 12.3. The topological polar surface area (TPSA) is 73.6 Å². The number of nitrogens with one attached hydrogen (secondary N) is 1. The molecule has 1 aromatic carbocycles. The van der Waals surface area contributed by atoms with Gasteiger partial charge >= 0.3 is 0 Å². The van der Waals surface area contributed by atoms with Crippen LogP contribution in [0.1, 0.15) is 13.8 Å². The number of carbonyl (C=O) groups is 1. The number of hydrogen-bond acceptors (Lipinski definition) is 4. The molecule has 0 aliphatic rings. The van der Waals surface area contributed by atoms with Crippen LogP contribution in [0.4, 0.5) is 5.69 Å². The van der Waals surface area contributed by atoms with Crippen molar-refractivity contribution in [3.8, 4) is 11.5 Å². The molecule has 1 amide bonds. The number of carbonyl (C=O) groups excluding carboxylic acids is 1. The van der Waals surface area contributed by atoms with Crippen molar-refractivity contribution < 1.29 is 14.3 Å². The summed E-state index contributed by atoms with van der Waals surface area (Å²) in [6.45, 7) is 3.79. The minimum Gasteiger partial charge on any atom is -0.497 e. The second-order valence-corrected chi connectivity index (χ2v) is 5.15. The lowest BCUT2D eigenvalue weighted by atomic mass is 9.95. The highest BCUT2D eigenvalue weighted by Crippen LogP contribution is 2.29. The Kier molecular flexibility index (Phi) is 5.76. The Morgan fingerprint density at radius 1 is 1.30 bits per heavy atom. The normalized spacial score (nSPS) is 11.8. The van der Waals surface area contributed by atoms with E-state index >= 15 is 0 Å². The second-order valence-electron chi connectivity index (χ2n) is 4.68. The molecule has 6 heteroatoms. The molecule has 0 saturated heterocycles. The van der Waals surface area contributed by atoms with Gasteiger partial charge in [0.2, 0.25) is 5.91 Å². The van der Waals surface area contributed by atoms with Gasteiger partial charge in [-0.05, 0) is 18.1 Å². The SMILES string of the molecule is COc1ccc(NC(=O)C(C(N)=S)C(C)C)c(OC)c1. The summed E-state index contributed by atoms with van der Waals surface area (Å²) in [5.74, 6) is 0.433. The van der Waals surface area contributed by atoms with E-state index in [0.717, 1.165) is 0 Å². The quantitative estimate of drug-likeness (QED) is 0.787. The standard InChI is InChI=1S/C14H20N2O3S/c1-8(2)12(13(15)20)14(17)16-10-6-5-9(18-3)7-11(10)19-4/h5-8,12H,1-4H3,(H2,15,20)(H,16,17). The van der Waals surface area contributed by atoms with Crippen LogP contribution in [-0.2, 0) is 4.79 Å². The van der Waals surface area contributed by atoms with Crippen LogP contribution >= 0.6 is 12.2 Å². The molecule has 0 bridgehead atoms. The Morgan fingerprint density at radius 2 is 1.95 bits per heavy atom. The van der Waals surface area contributed by atoms with Crippen LogP contribution in [-0.4, -0.2) is 25.1 Å². The summed E-state index contributed by atoms with van der Waals surface area (Å²) in [4.78, 5) is 12.4. The Morgan fingerprint density at radius 3 is 2.40 bits per heavy atom. The fraction of sp³-hybridized carbons (Fsp3) is 0.429. The van der Waals surface area contributed by atoms with E-state index < -0.39 is 5.92 Å². The van der Waals surface area contributed by atoms with Crippen molar-refractivity contribution in [2.24, 2.45) is 17.6 Å². The summed E-state index contributed by atoms with van der Waals surface area (Å²) in [5.41, 5.74) is 6.18. The molecule has 0 aliphatic heterocycles. The average molecular weight is 296 g/mol. The third-order valence-corrected chi connectivity index (χ3v) is 3.18. The molecule has 5 nitrogen and oxygen atoms in total. The van der Waals surface area contributed by atoms with Gasteiger partial charge in [-0.25, -0.2) is 0 Å². The van der Waals surface area contributed by atoms with Gasteiger partial charge in [0.15, 0.2) is 0 Å². The van der Waals surface area contributed by atoms with E-state index in [0.29, 0.717) is 17.2 Å². The number of nitrogens with two attached hydrogens (primary N) is 1. The van der Waals surface area contributed by atoms with E-state index in [9.17, 15) is 4.79 Å². The van der Waals surface area contributed by atoms with Crippen molar-refractivity contribution in [3.05, 3.63) is 18.2 Å². The molecule has 0 heterocycles. The number of thiocarbonyl (C=S) groups is 1. The van der Waals surface area contributed by atoms with Gasteiger partial charge in [0.1, 0.15) is 11.5 Å². The third kappa shape index (κ3) is 3.84. The maximum absolute atomic E-state index is 12.3. The highest BCUT2D eigenvalue weighted by molar-refractivity contribution is 7.80. The van der Waals surface area contributed by atoms with Gasteiger partial charge in [0.05, 0.1) is 30.8 Å². The average Bonchev–Trinajstić information content (AvgIpc) is 2.38. The summed E-state index contributed by atoms with van der Waals surface area (Å²) >= 11 is 4.95. The summed E-state index contributed by atoms with van der Waals surface area (Å²) in [6, 6.07) is 5.15. The summed E-state index contributed by atoms with van der Waals surface area (Å²) in [7, 11) is 3.09. The highest BCUT2D eigenvalue weighted by atomic mass is 32.1. The predicted molar refractivity (Wildman–Crippen MR) is 83.3 cm³/mol. The van der Waals surface area contributed by atoms with Crippen LogP contribution in [0.25, 0.3) is 0 Å². The van der Waals surface area contributed by atoms with Crippen molar-refractivity contribution >= 4 is 28.8 Å². The molecule has 1 unspecified atom stereocenters. The van der Waals surface area contributed by atoms with Gasteiger partial charge in [-0.2, -0.15) is 0 Å². The molecule has 0 aromatic heterocycles. The fourth-order valence-corrected chi connectivity index (χ4v) is 2.25. The molecule has 0 radical (unpaired) electrons. The number of hydrogen-bond donors (Lipinski definition) is 2. The molecule has 0 spiro atoms. The largest absolute Gasteiger partial charge is 0.497 e. The number of amides is 1. The summed E-state index contributed by atoms with van der Waals surface area (Å²) < 4.78 is 10.3. The lowest BCUT2D eigenvalue weighted by Gasteiger charge is -2.20. The third-order valence-electron chi connectivity index (χ3n) is 2.92. The Balaban J connectivity index is 2.97. The molecule has 110 valence electrons. The minimum absolute atomic E-state index is 0.0248. The van der Waals surface area contributed by atoms with Gasteiger partial charge in [-0.1, -0.05) is 26.1 Å². The van der Waals surface area contributed by atoms with E-state index in [1.807, 2.05) is 13.8 Å². The van der Waals surface area contributed by atoms with Crippen LogP contribution in [0.3, 0.4) is 0 Å². The van der Waals surface area contributed by atoms with Crippen LogP contribution in [0.5, 0.6) is 11.5 Å². The molecule has 20 heavy (non-hydrogen) atoms. The van der Waals surface area contributed by atoms with Gasteiger partial charge in [-0.3, -0.25) is 4.79 Å². The lowest BCUT2D eigenvalue weighted by molar-refractivity contribution is -0.118. The zero-order valence-corrected chi connectivity index (χ0v) is 12.9. The van der Waals surface area contributed by atoms with E-state index in [1.54, 1.807) is 25.3 Å². The van der Waals surface area contributed by atoms with E-state index in [4.69, 9.17) is 27.4 Å². The molecule has 0 aliphatic carbocycles. The Bertz CT molecular complexity index is 503. The van der Waals surface area contributed by atoms with Crippen molar-refractivity contribution in [2.75, 3.05) is 19.5 Å². The zero-order chi connectivity index (χ0) is 15.3. The first-order valence-electron chi connectivity index (χ1n) is 6.23. The maximum Gasteiger partial charge on any atom is 0.234 e. The molecule has 0 fully saturated rings. The van der Waals surface area contributed by atoms with Gasteiger partial charge < -0.3 is 20.5 Å². The number of benzene rings is 1. The smallest absolute Gasteiger partial charge is 0.234 e. The van der Waals surface area contributed by atoms with Crippen molar-refractivity contribution in [2.45, 2.75) is 13.8 Å². The van der Waals surface area contributed by atoms with Gasteiger partial charge in [0.25, 0.3) is 0 Å². The lowest BCUT2D eigenvalue weighted by Crippen LogP contribution is -2.36. The second kappa shape index (κ2) is 7.09. The van der Waals surface area contributed by atoms with Crippen LogP contribution in [0.2, 0.25) is 0 Å². The van der Waals surface area contributed by atoms with Crippen molar-refractivity contribution in [1.29, 1.82) is 0 Å². The van der Waals surface area contributed by atoms with Crippen LogP contribution in [0.15, 0.2) is 18.2 Å². The van der Waals surface area contributed by atoms with Crippen molar-refractivity contribution in [1.82, 2.24) is 0 Å². The highest BCUT2D eigenvalue weighted by Gasteiger charge is 2.25. The van der Waals surface area contributed by atoms with E-state index in [-0.39, 0.29) is 16.8 Å². The predicted octanol–water partition coefficient (Wildman–Crippen LogP) is 2.20. The first-order chi connectivity index (χ1) is 9.40. The minimum atomic E-state index is -0.517. The Labute approximate surface area is 124 Å². The first kappa shape index (κ1) is 16.2. The molecule has 1 rings (SSSR count). The monoisotopic (exact) mass is 296 g/mol. The van der Waals surface area contributed by atoms with Gasteiger partial charge in [-0.15, -0.1) is 0 Å². The summed E-state index contributed by atoms with van der Waals surface area (Å²) in [6.07, 6.45) is 0. The fourth-order valence-electron chi connectivity index (χ4n) is 1.87. The van der Waals surface area contributed by atoms with Crippen LogP contribution < -0.4 is 20.5 Å². The number of methoxy groups -OCH3 is 2. The van der Waals surface area contributed by atoms with Gasteiger partial charge in [0, 0.05) is 6.07 Å². The van der Waals surface area contributed by atoms with Crippen LogP contribution in [0, 0.1) is 11.8 Å². The van der Waals surface area contributed by atoms with E-state index in [1.165, 1.54) is 7.11 Å². The van der Waals surface area contributed by atoms with E-state index in [2.05, 4.69) is 5.32 Å². The number of ether oxygens (including phenoxy) is 2. The molecular weight excluding hydrogens is 276 g/mol.